The van der Waals surface area contributed by atoms with Crippen molar-refractivity contribution in [3.63, 3.8) is 0 Å². The van der Waals surface area contributed by atoms with E-state index < -0.39 is 5.97 Å². The van der Waals surface area contributed by atoms with E-state index in [4.69, 9.17) is 15.2 Å². The first-order chi connectivity index (χ1) is 9.63. The molecule has 1 heterocycles. The molecule has 1 aromatic carbocycles. The molecule has 0 spiro atoms. The normalized spacial score (nSPS) is 18.6. The van der Waals surface area contributed by atoms with Crippen LogP contribution < -0.4 is 10.6 Å². The highest BCUT2D eigenvalue weighted by atomic mass is 16.5. The molecule has 1 saturated heterocycles. The molecule has 1 unspecified atom stereocenters. The van der Waals surface area contributed by atoms with E-state index in [-0.39, 0.29) is 0 Å². The van der Waals surface area contributed by atoms with E-state index in [0.29, 0.717) is 17.2 Å². The van der Waals surface area contributed by atoms with Gasteiger partial charge in [-0.15, -0.1) is 0 Å². The molecule has 110 valence electrons. The average Bonchev–Trinajstić information content (AvgIpc) is 2.47. The Balaban J connectivity index is 2.12. The number of esters is 1. The number of carbonyl (C=O) groups excluding carboxylic acids is 1. The van der Waals surface area contributed by atoms with E-state index in [0.717, 1.165) is 31.9 Å². The van der Waals surface area contributed by atoms with Gasteiger partial charge in [0.2, 0.25) is 0 Å². The summed E-state index contributed by atoms with van der Waals surface area (Å²) in [6.07, 6.45) is 2.27. The van der Waals surface area contributed by atoms with Gasteiger partial charge in [-0.25, -0.2) is 4.79 Å². The molecule has 1 aromatic rings. The van der Waals surface area contributed by atoms with Crippen molar-refractivity contribution in [1.29, 1.82) is 0 Å². The maximum absolute atomic E-state index is 11.7. The molecular formula is C15H22N2O3. The summed E-state index contributed by atoms with van der Waals surface area (Å²) in [6, 6.07) is 5.43. The molecule has 0 aliphatic carbocycles. The topological polar surface area (TPSA) is 64.8 Å². The lowest BCUT2D eigenvalue weighted by atomic mass is 10.0. The number of carbonyl (C=O) groups is 1. The molecule has 1 fully saturated rings. The fourth-order valence-electron chi connectivity index (χ4n) is 2.61. The standard InChI is InChI=1S/C15H22N2O3/c1-17(9-11-5-4-8-20-10-11)13-7-3-6-12(14(13)16)15(18)19-2/h3,6-7,11H,4-5,8-10,16H2,1-2H3. The second kappa shape index (κ2) is 6.61. The Morgan fingerprint density at radius 2 is 2.35 bits per heavy atom. The molecule has 0 radical (unpaired) electrons. The molecule has 2 N–H and O–H groups in total. The van der Waals surface area contributed by atoms with Crippen LogP contribution in [-0.2, 0) is 9.47 Å². The molecule has 1 aliphatic rings. The lowest BCUT2D eigenvalue weighted by molar-refractivity contribution is 0.0576. The minimum absolute atomic E-state index is 0.404. The largest absolute Gasteiger partial charge is 0.465 e. The second-order valence-corrected chi connectivity index (χ2v) is 5.19. The van der Waals surface area contributed by atoms with Gasteiger partial charge in [-0.3, -0.25) is 0 Å². The molecule has 5 nitrogen and oxygen atoms in total. The number of rotatable bonds is 4. The zero-order chi connectivity index (χ0) is 14.5. The van der Waals surface area contributed by atoms with Gasteiger partial charge >= 0.3 is 5.97 Å². The SMILES string of the molecule is COC(=O)c1cccc(N(C)CC2CCCOC2)c1N. The molecule has 0 aromatic heterocycles. The van der Waals surface area contributed by atoms with Crippen LogP contribution in [0.5, 0.6) is 0 Å². The zero-order valence-corrected chi connectivity index (χ0v) is 12.1. The van der Waals surface area contributed by atoms with E-state index >= 15 is 0 Å². The van der Waals surface area contributed by atoms with Crippen molar-refractivity contribution in [3.05, 3.63) is 23.8 Å². The average molecular weight is 278 g/mol. The van der Waals surface area contributed by atoms with E-state index in [2.05, 4.69) is 4.90 Å². The van der Waals surface area contributed by atoms with E-state index in [1.165, 1.54) is 13.5 Å². The molecule has 1 atom stereocenters. The monoisotopic (exact) mass is 278 g/mol. The summed E-state index contributed by atoms with van der Waals surface area (Å²) in [4.78, 5) is 13.7. The fraction of sp³-hybridized carbons (Fsp3) is 0.533. The van der Waals surface area contributed by atoms with Crippen molar-refractivity contribution < 1.29 is 14.3 Å². The van der Waals surface area contributed by atoms with Gasteiger partial charge in [-0.2, -0.15) is 0 Å². The summed E-state index contributed by atoms with van der Waals surface area (Å²) in [5.74, 6) is 0.105. The van der Waals surface area contributed by atoms with Crippen LogP contribution in [0.25, 0.3) is 0 Å². The van der Waals surface area contributed by atoms with Gasteiger partial charge < -0.3 is 20.1 Å². The van der Waals surface area contributed by atoms with Crippen LogP contribution in [0.2, 0.25) is 0 Å². The van der Waals surface area contributed by atoms with Gasteiger partial charge in [0.1, 0.15) is 0 Å². The molecule has 5 heteroatoms. The Labute approximate surface area is 119 Å². The highest BCUT2D eigenvalue weighted by molar-refractivity contribution is 5.98. The van der Waals surface area contributed by atoms with E-state index in [1.807, 2.05) is 19.2 Å². The predicted molar refractivity (Wildman–Crippen MR) is 79.0 cm³/mol. The highest BCUT2D eigenvalue weighted by Crippen LogP contribution is 2.28. The lowest BCUT2D eigenvalue weighted by Gasteiger charge is -2.29. The Hall–Kier alpha value is -1.75. The third-order valence-corrected chi connectivity index (χ3v) is 3.69. The summed E-state index contributed by atoms with van der Waals surface area (Å²) in [5, 5.41) is 0. The van der Waals surface area contributed by atoms with Gasteiger partial charge in [-0.05, 0) is 30.9 Å². The van der Waals surface area contributed by atoms with Crippen molar-refractivity contribution in [2.45, 2.75) is 12.8 Å². The minimum Gasteiger partial charge on any atom is -0.465 e. The fourth-order valence-corrected chi connectivity index (χ4v) is 2.61. The molecular weight excluding hydrogens is 256 g/mol. The van der Waals surface area contributed by atoms with Gasteiger partial charge in [0, 0.05) is 20.2 Å². The van der Waals surface area contributed by atoms with E-state index in [9.17, 15) is 4.79 Å². The van der Waals surface area contributed by atoms with Crippen LogP contribution in [0.4, 0.5) is 11.4 Å². The second-order valence-electron chi connectivity index (χ2n) is 5.19. The summed E-state index contributed by atoms with van der Waals surface area (Å²) in [5.41, 5.74) is 7.84. The number of nitrogen functional groups attached to an aromatic ring is 1. The van der Waals surface area contributed by atoms with Crippen LogP contribution in [-0.4, -0.2) is 39.9 Å². The molecule has 20 heavy (non-hydrogen) atoms. The maximum atomic E-state index is 11.7. The van der Waals surface area contributed by atoms with Crippen LogP contribution >= 0.6 is 0 Å². The Morgan fingerprint density at radius 1 is 1.55 bits per heavy atom. The van der Waals surface area contributed by atoms with E-state index in [1.54, 1.807) is 6.07 Å². The Morgan fingerprint density at radius 3 is 3.00 bits per heavy atom. The quantitative estimate of drug-likeness (QED) is 0.673. The molecule has 0 saturated carbocycles. The number of hydrogen-bond donors (Lipinski definition) is 1. The molecule has 0 amide bonds. The maximum Gasteiger partial charge on any atom is 0.340 e. The third kappa shape index (κ3) is 3.22. The van der Waals surface area contributed by atoms with Crippen LogP contribution in [0.15, 0.2) is 18.2 Å². The van der Waals surface area contributed by atoms with Gasteiger partial charge in [0.25, 0.3) is 0 Å². The van der Waals surface area contributed by atoms with Crippen molar-refractivity contribution >= 4 is 17.3 Å². The minimum atomic E-state index is -0.404. The number of nitrogens with zero attached hydrogens (tertiary/aromatic N) is 1. The van der Waals surface area contributed by atoms with Crippen LogP contribution in [0, 0.1) is 5.92 Å². The first-order valence-electron chi connectivity index (χ1n) is 6.89. The van der Waals surface area contributed by atoms with Gasteiger partial charge in [-0.1, -0.05) is 6.07 Å². The smallest absolute Gasteiger partial charge is 0.340 e. The zero-order valence-electron chi connectivity index (χ0n) is 12.1. The van der Waals surface area contributed by atoms with Crippen LogP contribution in [0.3, 0.4) is 0 Å². The highest BCUT2D eigenvalue weighted by Gasteiger charge is 2.19. The summed E-state index contributed by atoms with van der Waals surface area (Å²) in [7, 11) is 3.35. The van der Waals surface area contributed by atoms with Crippen molar-refractivity contribution in [2.24, 2.45) is 5.92 Å². The first-order valence-corrected chi connectivity index (χ1v) is 6.89. The van der Waals surface area contributed by atoms with Crippen molar-refractivity contribution in [1.82, 2.24) is 0 Å². The molecule has 1 aliphatic heterocycles. The molecule has 2 rings (SSSR count). The number of hydrogen-bond acceptors (Lipinski definition) is 5. The Bertz CT molecular complexity index is 470. The molecule has 0 bridgehead atoms. The number of anilines is 2. The summed E-state index contributed by atoms with van der Waals surface area (Å²) < 4.78 is 10.2. The third-order valence-electron chi connectivity index (χ3n) is 3.69. The number of ether oxygens (including phenoxy) is 2. The van der Waals surface area contributed by atoms with Crippen LogP contribution in [0.1, 0.15) is 23.2 Å². The number of nitrogens with two attached hydrogens (primary N) is 1. The van der Waals surface area contributed by atoms with Crippen molar-refractivity contribution in [2.75, 3.05) is 44.5 Å². The van der Waals surface area contributed by atoms with Crippen molar-refractivity contribution in [3.8, 4) is 0 Å². The van der Waals surface area contributed by atoms with Gasteiger partial charge in [0.15, 0.2) is 0 Å². The number of methoxy groups -OCH3 is 1. The number of para-hydroxylation sites is 1. The summed E-state index contributed by atoms with van der Waals surface area (Å²) in [6.45, 7) is 2.52. The number of benzene rings is 1. The predicted octanol–water partition coefficient (Wildman–Crippen LogP) is 1.92. The summed E-state index contributed by atoms with van der Waals surface area (Å²) >= 11 is 0. The Kier molecular flexibility index (Phi) is 4.84. The lowest BCUT2D eigenvalue weighted by Crippen LogP contribution is -2.31. The first kappa shape index (κ1) is 14.7. The van der Waals surface area contributed by atoms with Gasteiger partial charge in [0.05, 0.1) is 30.7 Å².